The molecule has 0 amide bonds. The molecule has 2 aromatic rings. The summed E-state index contributed by atoms with van der Waals surface area (Å²) < 4.78 is 11.5. The molecule has 98 valence electrons. The highest BCUT2D eigenvalue weighted by Gasteiger charge is 2.17. The molecule has 0 saturated carbocycles. The van der Waals surface area contributed by atoms with E-state index in [0.29, 0.717) is 16.4 Å². The van der Waals surface area contributed by atoms with Crippen molar-refractivity contribution in [1.82, 2.24) is 0 Å². The van der Waals surface area contributed by atoms with Crippen molar-refractivity contribution in [2.75, 3.05) is 6.79 Å². The van der Waals surface area contributed by atoms with Gasteiger partial charge in [-0.1, -0.05) is 0 Å². The van der Waals surface area contributed by atoms with Gasteiger partial charge in [0.05, 0.1) is 11.3 Å². The summed E-state index contributed by atoms with van der Waals surface area (Å²) in [6, 6.07) is 5.45. The lowest BCUT2D eigenvalue weighted by Crippen LogP contribution is -2.01. The Morgan fingerprint density at radius 1 is 1.16 bits per heavy atom. The van der Waals surface area contributed by atoms with Gasteiger partial charge in [0.25, 0.3) is 0 Å². The largest absolute Gasteiger partial charge is 0.481 e. The number of carboxylic acids is 1. The molecule has 0 fully saturated rings. The lowest BCUT2D eigenvalue weighted by molar-refractivity contribution is -0.136. The molecule has 2 heterocycles. The molecule has 0 aliphatic carbocycles. The van der Waals surface area contributed by atoms with Gasteiger partial charge >= 0.3 is 5.97 Å². The predicted molar refractivity (Wildman–Crippen MR) is 69.1 cm³/mol. The minimum absolute atomic E-state index is 0.0227. The topological polar surface area (TPSA) is 72.8 Å². The summed E-state index contributed by atoms with van der Waals surface area (Å²) in [6.45, 7) is 0.219. The van der Waals surface area contributed by atoms with Crippen molar-refractivity contribution < 1.29 is 24.2 Å². The van der Waals surface area contributed by atoms with Gasteiger partial charge in [-0.05, 0) is 17.5 Å². The zero-order valence-corrected chi connectivity index (χ0v) is 10.7. The van der Waals surface area contributed by atoms with E-state index in [-0.39, 0.29) is 25.4 Å². The quantitative estimate of drug-likeness (QED) is 0.870. The normalized spacial score (nSPS) is 12.8. The first-order chi connectivity index (χ1) is 9.13. The maximum absolute atomic E-state index is 11.9. The van der Waals surface area contributed by atoms with Crippen molar-refractivity contribution >= 4 is 33.2 Å². The van der Waals surface area contributed by atoms with E-state index in [0.717, 1.165) is 10.1 Å². The van der Waals surface area contributed by atoms with Crippen LogP contribution >= 0.6 is 11.3 Å². The molecule has 0 bridgehead atoms. The Hall–Kier alpha value is -2.08. The third-order valence-corrected chi connectivity index (χ3v) is 3.99. The lowest BCUT2D eigenvalue weighted by atomic mass is 10.1. The van der Waals surface area contributed by atoms with Crippen molar-refractivity contribution in [2.24, 2.45) is 0 Å². The molecule has 1 aliphatic heterocycles. The molecule has 1 N–H and O–H groups in total. The number of carbonyl (C=O) groups excluding carboxylic acids is 1. The zero-order chi connectivity index (χ0) is 13.4. The summed E-state index contributed by atoms with van der Waals surface area (Å²) in [5, 5.41) is 9.49. The first kappa shape index (κ1) is 12.0. The van der Waals surface area contributed by atoms with Gasteiger partial charge in [-0.2, -0.15) is 0 Å². The third-order valence-electron chi connectivity index (χ3n) is 2.85. The molecule has 1 aliphatic rings. The number of fused-ring (bicyclic) bond motifs is 2. The second-order valence-electron chi connectivity index (χ2n) is 4.17. The summed E-state index contributed by atoms with van der Waals surface area (Å²) in [5.41, 5.74) is 0. The standard InChI is InChI=1S/C13H10O5S/c14-8(1-2-13(15)16)12-4-7-3-9-10(18-6-17-9)5-11(7)19-12/h3-5H,1-2,6H2,(H,15,16). The highest BCUT2D eigenvalue weighted by molar-refractivity contribution is 7.20. The van der Waals surface area contributed by atoms with E-state index in [1.807, 2.05) is 12.1 Å². The van der Waals surface area contributed by atoms with Crippen molar-refractivity contribution in [3.8, 4) is 11.5 Å². The van der Waals surface area contributed by atoms with Gasteiger partial charge in [0.15, 0.2) is 17.3 Å². The fourth-order valence-corrected chi connectivity index (χ4v) is 2.95. The van der Waals surface area contributed by atoms with Gasteiger partial charge in [0, 0.05) is 17.2 Å². The van der Waals surface area contributed by atoms with E-state index in [2.05, 4.69) is 0 Å². The van der Waals surface area contributed by atoms with Gasteiger partial charge < -0.3 is 14.6 Å². The SMILES string of the molecule is O=C(O)CCC(=O)c1cc2cc3c(cc2s1)OCO3. The Balaban J connectivity index is 1.89. The Kier molecular flexibility index (Phi) is 2.87. The summed E-state index contributed by atoms with van der Waals surface area (Å²) in [6.07, 6.45) is -0.120. The lowest BCUT2D eigenvalue weighted by Gasteiger charge is -1.94. The van der Waals surface area contributed by atoms with Crippen LogP contribution in [0.25, 0.3) is 10.1 Å². The van der Waals surface area contributed by atoms with Crippen molar-refractivity contribution in [2.45, 2.75) is 12.8 Å². The molecule has 1 aromatic heterocycles. The van der Waals surface area contributed by atoms with Crippen molar-refractivity contribution in [3.63, 3.8) is 0 Å². The van der Waals surface area contributed by atoms with E-state index in [1.54, 1.807) is 6.07 Å². The first-order valence-corrected chi connectivity index (χ1v) is 6.53. The second kappa shape index (κ2) is 4.55. The highest BCUT2D eigenvalue weighted by atomic mass is 32.1. The van der Waals surface area contributed by atoms with Gasteiger partial charge in [0.1, 0.15) is 0 Å². The van der Waals surface area contributed by atoms with Crippen molar-refractivity contribution in [1.29, 1.82) is 0 Å². The summed E-state index contributed by atoms with van der Waals surface area (Å²) in [4.78, 5) is 22.9. The predicted octanol–water partition coefficient (Wildman–Crippen LogP) is 2.68. The second-order valence-corrected chi connectivity index (χ2v) is 5.25. The van der Waals surface area contributed by atoms with Crippen LogP contribution in [0.2, 0.25) is 0 Å². The van der Waals surface area contributed by atoms with Crippen LogP contribution in [0, 0.1) is 0 Å². The molecular formula is C13H10O5S. The van der Waals surface area contributed by atoms with Gasteiger partial charge in [-0.3, -0.25) is 9.59 Å². The van der Waals surface area contributed by atoms with Crippen LogP contribution in [-0.4, -0.2) is 23.7 Å². The van der Waals surface area contributed by atoms with Gasteiger partial charge in [-0.25, -0.2) is 0 Å². The van der Waals surface area contributed by atoms with E-state index in [4.69, 9.17) is 14.6 Å². The third kappa shape index (κ3) is 2.26. The van der Waals surface area contributed by atoms with Gasteiger partial charge in [-0.15, -0.1) is 11.3 Å². The van der Waals surface area contributed by atoms with Crippen LogP contribution in [0.15, 0.2) is 18.2 Å². The Bertz CT molecular complexity index is 632. The van der Waals surface area contributed by atoms with Crippen LogP contribution in [0.3, 0.4) is 0 Å². The summed E-state index contributed by atoms with van der Waals surface area (Å²) in [7, 11) is 0. The average Bonchev–Trinajstić information content (AvgIpc) is 2.97. The van der Waals surface area contributed by atoms with Crippen LogP contribution in [0.4, 0.5) is 0 Å². The molecule has 3 rings (SSSR count). The number of Topliss-reactive ketones (excluding diaryl/α,β-unsaturated/α-hetero) is 1. The smallest absolute Gasteiger partial charge is 0.303 e. The summed E-state index contributed by atoms with van der Waals surface area (Å²) in [5.74, 6) is 0.245. The highest BCUT2D eigenvalue weighted by Crippen LogP contribution is 2.39. The Morgan fingerprint density at radius 2 is 1.89 bits per heavy atom. The number of thiophene rings is 1. The number of hydrogen-bond donors (Lipinski definition) is 1. The zero-order valence-electron chi connectivity index (χ0n) is 9.84. The maximum atomic E-state index is 11.9. The van der Waals surface area contributed by atoms with Crippen LogP contribution in [0.5, 0.6) is 11.5 Å². The molecule has 0 spiro atoms. The maximum Gasteiger partial charge on any atom is 0.303 e. The minimum Gasteiger partial charge on any atom is -0.481 e. The number of hydrogen-bond acceptors (Lipinski definition) is 5. The van der Waals surface area contributed by atoms with Crippen molar-refractivity contribution in [3.05, 3.63) is 23.1 Å². The molecule has 0 atom stereocenters. The number of ketones is 1. The van der Waals surface area contributed by atoms with E-state index in [9.17, 15) is 9.59 Å². The summed E-state index contributed by atoms with van der Waals surface area (Å²) >= 11 is 1.35. The van der Waals surface area contributed by atoms with Crippen LogP contribution in [0.1, 0.15) is 22.5 Å². The number of aliphatic carboxylic acids is 1. The Morgan fingerprint density at radius 3 is 2.63 bits per heavy atom. The number of benzene rings is 1. The average molecular weight is 278 g/mol. The fourth-order valence-electron chi connectivity index (χ4n) is 1.91. The van der Waals surface area contributed by atoms with E-state index < -0.39 is 5.97 Å². The molecule has 0 radical (unpaired) electrons. The molecule has 6 heteroatoms. The number of ether oxygens (including phenoxy) is 2. The fraction of sp³-hybridized carbons (Fsp3) is 0.231. The minimum atomic E-state index is -0.963. The molecular weight excluding hydrogens is 268 g/mol. The van der Waals surface area contributed by atoms with Gasteiger partial charge in [0.2, 0.25) is 6.79 Å². The van der Waals surface area contributed by atoms with Crippen LogP contribution < -0.4 is 9.47 Å². The molecule has 0 saturated heterocycles. The monoisotopic (exact) mass is 278 g/mol. The molecule has 1 aromatic carbocycles. The Labute approximate surface area is 112 Å². The van der Waals surface area contributed by atoms with E-state index in [1.165, 1.54) is 11.3 Å². The number of carboxylic acid groups (broad SMARTS) is 1. The first-order valence-electron chi connectivity index (χ1n) is 5.71. The van der Waals surface area contributed by atoms with E-state index >= 15 is 0 Å². The van der Waals surface area contributed by atoms with Crippen LogP contribution in [-0.2, 0) is 4.79 Å². The number of carbonyl (C=O) groups is 2. The number of rotatable bonds is 4. The molecule has 5 nitrogen and oxygen atoms in total. The molecule has 19 heavy (non-hydrogen) atoms. The molecule has 0 unspecified atom stereocenters.